The largest absolute Gasteiger partial charge is 0.370 e. The van der Waals surface area contributed by atoms with Crippen LogP contribution in [0.25, 0.3) is 0 Å². The van der Waals surface area contributed by atoms with E-state index in [4.69, 9.17) is 22.9 Å². The maximum atomic E-state index is 13.5. The molecular weight excluding hydrogens is 524 g/mol. The number of amides is 4. The first-order valence-electron chi connectivity index (χ1n) is 13.6. The fourth-order valence-electron chi connectivity index (χ4n) is 4.14. The lowest BCUT2D eigenvalue weighted by atomic mass is 9.99. The number of nitrogens with one attached hydrogen (secondary N) is 3. The van der Waals surface area contributed by atoms with Crippen molar-refractivity contribution in [2.75, 3.05) is 6.54 Å². The molecule has 0 saturated heterocycles. The summed E-state index contributed by atoms with van der Waals surface area (Å²) >= 11 is 0. The van der Waals surface area contributed by atoms with E-state index in [0.717, 1.165) is 11.1 Å². The number of rotatable bonds is 16. The van der Waals surface area contributed by atoms with Gasteiger partial charge in [0.05, 0.1) is 6.04 Å². The highest BCUT2D eigenvalue weighted by atomic mass is 16.2. The number of carbonyl (C=O) groups excluding carboxylic acids is 4. The Morgan fingerprint density at radius 2 is 1.27 bits per heavy atom. The highest BCUT2D eigenvalue weighted by Crippen LogP contribution is 2.09. The molecule has 41 heavy (non-hydrogen) atoms. The van der Waals surface area contributed by atoms with Crippen molar-refractivity contribution in [3.05, 3.63) is 71.8 Å². The van der Waals surface area contributed by atoms with Crippen LogP contribution in [0.15, 0.2) is 65.7 Å². The van der Waals surface area contributed by atoms with Gasteiger partial charge in [0, 0.05) is 13.0 Å². The number of hydrogen-bond donors (Lipinski definition) is 7. The van der Waals surface area contributed by atoms with Crippen LogP contribution < -0.4 is 38.9 Å². The Morgan fingerprint density at radius 1 is 0.732 bits per heavy atom. The molecule has 0 aromatic heterocycles. The normalized spacial score (nSPS) is 13.8. The number of hydrogen-bond acceptors (Lipinski definition) is 6. The lowest BCUT2D eigenvalue weighted by Gasteiger charge is -2.27. The lowest BCUT2D eigenvalue weighted by Crippen LogP contribution is -2.59. The summed E-state index contributed by atoms with van der Waals surface area (Å²) in [5.74, 6) is -2.78. The zero-order valence-electron chi connectivity index (χ0n) is 23.6. The van der Waals surface area contributed by atoms with Crippen LogP contribution >= 0.6 is 0 Å². The monoisotopic (exact) mass is 566 g/mol. The van der Waals surface area contributed by atoms with Crippen LogP contribution in [0, 0.1) is 5.92 Å². The van der Waals surface area contributed by atoms with Crippen LogP contribution in [0.3, 0.4) is 0 Å². The summed E-state index contributed by atoms with van der Waals surface area (Å²) in [6.45, 7) is 3.77. The molecule has 12 heteroatoms. The lowest BCUT2D eigenvalue weighted by molar-refractivity contribution is -0.134. The minimum absolute atomic E-state index is 0.0783. The number of guanidine groups is 1. The second-order valence-electron chi connectivity index (χ2n) is 10.2. The maximum absolute atomic E-state index is 13.5. The molecule has 0 aliphatic carbocycles. The fraction of sp³-hybridized carbons (Fsp3) is 0.414. The van der Waals surface area contributed by atoms with Crippen LogP contribution in [0.5, 0.6) is 0 Å². The van der Waals surface area contributed by atoms with Crippen LogP contribution in [-0.4, -0.2) is 60.3 Å². The van der Waals surface area contributed by atoms with E-state index in [0.29, 0.717) is 12.8 Å². The molecule has 0 aliphatic rings. The maximum Gasteiger partial charge on any atom is 0.243 e. The van der Waals surface area contributed by atoms with Crippen LogP contribution in [-0.2, 0) is 32.0 Å². The van der Waals surface area contributed by atoms with Crippen molar-refractivity contribution in [2.45, 2.75) is 63.7 Å². The first-order valence-corrected chi connectivity index (χ1v) is 13.6. The number of nitrogens with two attached hydrogens (primary N) is 4. The number of benzene rings is 2. The predicted octanol–water partition coefficient (Wildman–Crippen LogP) is -0.552. The van der Waals surface area contributed by atoms with Gasteiger partial charge in [-0.25, -0.2) is 0 Å². The molecule has 0 radical (unpaired) electrons. The van der Waals surface area contributed by atoms with Gasteiger partial charge in [-0.05, 0) is 36.3 Å². The SMILES string of the molecule is CC(C)[C@H](NC(=O)[C@H](Cc1ccccc1)NC(=O)[C@@H](N)Cc1ccccc1)C(=O)N[C@@H](CCCN=C(N)N)C(N)=O. The van der Waals surface area contributed by atoms with Gasteiger partial charge in [-0.2, -0.15) is 0 Å². The zero-order valence-corrected chi connectivity index (χ0v) is 23.6. The van der Waals surface area contributed by atoms with Gasteiger partial charge in [0.2, 0.25) is 23.6 Å². The Kier molecular flexibility index (Phi) is 13.3. The second kappa shape index (κ2) is 16.6. The standard InChI is InChI=1S/C29H42N8O4/c1-18(2)24(28(41)35-22(25(31)38)14-9-15-34-29(32)33)37-27(40)23(17-20-12-7-4-8-13-20)36-26(39)21(30)16-19-10-5-3-6-11-19/h3-8,10-13,18,21-24H,9,14-17,30H2,1-2H3,(H2,31,38)(H,35,41)(H,36,39)(H,37,40)(H4,32,33,34)/t21-,22-,23-,24-/m0/s1. The van der Waals surface area contributed by atoms with E-state index in [1.807, 2.05) is 60.7 Å². The molecule has 0 fully saturated rings. The molecule has 2 rings (SSSR count). The molecule has 2 aromatic rings. The number of aliphatic imine (C=N–C) groups is 1. The molecule has 12 nitrogen and oxygen atoms in total. The van der Waals surface area contributed by atoms with E-state index >= 15 is 0 Å². The summed E-state index contributed by atoms with van der Waals surface area (Å²) < 4.78 is 0. The highest BCUT2D eigenvalue weighted by molar-refractivity contribution is 5.94. The van der Waals surface area contributed by atoms with Gasteiger partial charge in [0.15, 0.2) is 5.96 Å². The van der Waals surface area contributed by atoms with Crippen LogP contribution in [0.1, 0.15) is 37.8 Å². The van der Waals surface area contributed by atoms with Gasteiger partial charge < -0.3 is 38.9 Å². The van der Waals surface area contributed by atoms with Gasteiger partial charge in [-0.1, -0.05) is 74.5 Å². The first kappa shape index (κ1) is 32.8. The second-order valence-corrected chi connectivity index (χ2v) is 10.2. The molecule has 0 bridgehead atoms. The Hall–Kier alpha value is -4.45. The summed E-state index contributed by atoms with van der Waals surface area (Å²) in [6.07, 6.45) is 1.08. The molecule has 4 atom stereocenters. The minimum Gasteiger partial charge on any atom is -0.370 e. The van der Waals surface area contributed by atoms with E-state index in [2.05, 4.69) is 20.9 Å². The molecule has 222 valence electrons. The number of carbonyl (C=O) groups is 4. The number of primary amides is 1. The number of nitrogens with zero attached hydrogens (tertiary/aromatic N) is 1. The molecule has 0 spiro atoms. The van der Waals surface area contributed by atoms with Crippen molar-refractivity contribution in [1.82, 2.24) is 16.0 Å². The molecule has 0 aliphatic heterocycles. The van der Waals surface area contributed by atoms with Crippen LogP contribution in [0.4, 0.5) is 0 Å². The van der Waals surface area contributed by atoms with Gasteiger partial charge in [0.1, 0.15) is 18.1 Å². The summed E-state index contributed by atoms with van der Waals surface area (Å²) in [6, 6.07) is 14.6. The van der Waals surface area contributed by atoms with E-state index < -0.39 is 47.8 Å². The molecule has 4 amide bonds. The summed E-state index contributed by atoms with van der Waals surface area (Å²) in [5.41, 5.74) is 24.0. The Labute approximate surface area is 240 Å². The zero-order chi connectivity index (χ0) is 30.4. The quantitative estimate of drug-likeness (QED) is 0.0797. The first-order chi connectivity index (χ1) is 19.5. The van der Waals surface area contributed by atoms with Crippen molar-refractivity contribution in [3.63, 3.8) is 0 Å². The summed E-state index contributed by atoms with van der Waals surface area (Å²) in [4.78, 5) is 55.5. The summed E-state index contributed by atoms with van der Waals surface area (Å²) in [5, 5.41) is 8.12. The average Bonchev–Trinajstić information content (AvgIpc) is 2.93. The van der Waals surface area contributed by atoms with E-state index in [1.165, 1.54) is 0 Å². The highest BCUT2D eigenvalue weighted by Gasteiger charge is 2.31. The molecule has 11 N–H and O–H groups in total. The predicted molar refractivity (Wildman–Crippen MR) is 158 cm³/mol. The van der Waals surface area contributed by atoms with Gasteiger partial charge in [-0.15, -0.1) is 0 Å². The van der Waals surface area contributed by atoms with E-state index in [1.54, 1.807) is 13.8 Å². The fourth-order valence-corrected chi connectivity index (χ4v) is 4.14. The van der Waals surface area contributed by atoms with Gasteiger partial charge >= 0.3 is 0 Å². The summed E-state index contributed by atoms with van der Waals surface area (Å²) in [7, 11) is 0. The molecule has 0 saturated carbocycles. The van der Waals surface area contributed by atoms with Crippen molar-refractivity contribution < 1.29 is 19.2 Å². The molecule has 0 unspecified atom stereocenters. The van der Waals surface area contributed by atoms with Crippen LogP contribution in [0.2, 0.25) is 0 Å². The third-order valence-corrected chi connectivity index (χ3v) is 6.40. The Balaban J connectivity index is 2.14. The minimum atomic E-state index is -1.01. The molecular formula is C29H42N8O4. The molecule has 0 heterocycles. The average molecular weight is 567 g/mol. The van der Waals surface area contributed by atoms with Gasteiger partial charge in [-0.3, -0.25) is 24.2 Å². The molecule has 2 aromatic carbocycles. The third kappa shape index (κ3) is 11.7. The third-order valence-electron chi connectivity index (χ3n) is 6.40. The van der Waals surface area contributed by atoms with Crippen molar-refractivity contribution >= 4 is 29.6 Å². The van der Waals surface area contributed by atoms with E-state index in [9.17, 15) is 19.2 Å². The topological polar surface area (TPSA) is 221 Å². The smallest absolute Gasteiger partial charge is 0.243 e. The Bertz CT molecular complexity index is 1170. The van der Waals surface area contributed by atoms with E-state index in [-0.39, 0.29) is 31.3 Å². The van der Waals surface area contributed by atoms with Crippen molar-refractivity contribution in [1.29, 1.82) is 0 Å². The van der Waals surface area contributed by atoms with Crippen molar-refractivity contribution in [2.24, 2.45) is 33.8 Å². The Morgan fingerprint density at radius 3 is 1.78 bits per heavy atom. The van der Waals surface area contributed by atoms with Gasteiger partial charge in [0.25, 0.3) is 0 Å². The van der Waals surface area contributed by atoms with Crippen molar-refractivity contribution in [3.8, 4) is 0 Å².